The Labute approximate surface area is 127 Å². The van der Waals surface area contributed by atoms with Crippen LogP contribution in [0.15, 0.2) is 24.5 Å². The van der Waals surface area contributed by atoms with Gasteiger partial charge in [0.05, 0.1) is 0 Å². The summed E-state index contributed by atoms with van der Waals surface area (Å²) in [6.45, 7) is 7.15. The molecule has 0 aromatic carbocycles. The van der Waals surface area contributed by atoms with Crippen LogP contribution in [-0.2, 0) is 11.3 Å². The van der Waals surface area contributed by atoms with E-state index in [0.29, 0.717) is 19.0 Å². The maximum absolute atomic E-state index is 12.6. The molecule has 1 amide bonds. The SMILES string of the molecule is CC(C)(C)CC(N)CC(=O)N(Cc1ccncc1)C1CC1. The molecule has 0 bridgehead atoms. The van der Waals surface area contributed by atoms with Gasteiger partial charge in [0.25, 0.3) is 0 Å². The number of carbonyl (C=O) groups is 1. The molecule has 4 heteroatoms. The van der Waals surface area contributed by atoms with E-state index in [-0.39, 0.29) is 17.4 Å². The normalized spacial score (nSPS) is 16.6. The number of amides is 1. The first-order chi connectivity index (χ1) is 9.85. The second-order valence-electron chi connectivity index (χ2n) is 7.34. The van der Waals surface area contributed by atoms with Gasteiger partial charge in [-0.2, -0.15) is 0 Å². The molecule has 1 aromatic heterocycles. The maximum atomic E-state index is 12.6. The van der Waals surface area contributed by atoms with Gasteiger partial charge >= 0.3 is 0 Å². The minimum absolute atomic E-state index is 0.0591. The van der Waals surface area contributed by atoms with Crippen molar-refractivity contribution in [3.63, 3.8) is 0 Å². The largest absolute Gasteiger partial charge is 0.335 e. The lowest BCUT2D eigenvalue weighted by molar-refractivity contribution is -0.132. The summed E-state index contributed by atoms with van der Waals surface area (Å²) in [6, 6.07) is 4.29. The Kier molecular flexibility index (Phi) is 4.99. The number of nitrogens with zero attached hydrogens (tertiary/aromatic N) is 2. The van der Waals surface area contributed by atoms with E-state index in [1.54, 1.807) is 12.4 Å². The fraction of sp³-hybridized carbons (Fsp3) is 0.647. The summed E-state index contributed by atoms with van der Waals surface area (Å²) in [7, 11) is 0. The monoisotopic (exact) mass is 289 g/mol. The Morgan fingerprint density at radius 3 is 2.52 bits per heavy atom. The third-order valence-corrected chi connectivity index (χ3v) is 3.72. The van der Waals surface area contributed by atoms with Gasteiger partial charge in [0, 0.05) is 37.4 Å². The molecule has 2 rings (SSSR count). The molecule has 116 valence electrons. The van der Waals surface area contributed by atoms with Crippen LogP contribution in [-0.4, -0.2) is 27.9 Å². The van der Waals surface area contributed by atoms with Crippen molar-refractivity contribution in [1.29, 1.82) is 0 Å². The zero-order chi connectivity index (χ0) is 15.5. The predicted octanol–water partition coefficient (Wildman–Crippen LogP) is 2.73. The van der Waals surface area contributed by atoms with Crippen LogP contribution in [0, 0.1) is 5.41 Å². The van der Waals surface area contributed by atoms with Crippen molar-refractivity contribution < 1.29 is 4.79 Å². The fourth-order valence-corrected chi connectivity index (χ4v) is 2.69. The molecule has 1 aliphatic carbocycles. The molecule has 1 heterocycles. The van der Waals surface area contributed by atoms with E-state index in [2.05, 4.69) is 25.8 Å². The van der Waals surface area contributed by atoms with E-state index < -0.39 is 0 Å². The van der Waals surface area contributed by atoms with Gasteiger partial charge in [0.2, 0.25) is 5.91 Å². The summed E-state index contributed by atoms with van der Waals surface area (Å²) >= 11 is 0. The number of nitrogens with two attached hydrogens (primary N) is 1. The van der Waals surface area contributed by atoms with Gasteiger partial charge in [-0.1, -0.05) is 20.8 Å². The van der Waals surface area contributed by atoms with Crippen molar-refractivity contribution in [3.05, 3.63) is 30.1 Å². The van der Waals surface area contributed by atoms with Crippen LogP contribution >= 0.6 is 0 Å². The number of aromatic nitrogens is 1. The summed E-state index contributed by atoms with van der Waals surface area (Å²) in [5, 5.41) is 0. The summed E-state index contributed by atoms with van der Waals surface area (Å²) in [5.74, 6) is 0.186. The summed E-state index contributed by atoms with van der Waals surface area (Å²) in [5.41, 5.74) is 7.45. The Morgan fingerprint density at radius 2 is 2.00 bits per heavy atom. The highest BCUT2D eigenvalue weighted by molar-refractivity contribution is 5.77. The van der Waals surface area contributed by atoms with Crippen LogP contribution in [0.3, 0.4) is 0 Å². The number of carbonyl (C=O) groups excluding carboxylic acids is 1. The third-order valence-electron chi connectivity index (χ3n) is 3.72. The minimum Gasteiger partial charge on any atom is -0.335 e. The molecular weight excluding hydrogens is 262 g/mol. The van der Waals surface area contributed by atoms with E-state index in [1.807, 2.05) is 17.0 Å². The first-order valence-electron chi connectivity index (χ1n) is 7.79. The first-order valence-corrected chi connectivity index (χ1v) is 7.79. The summed E-state index contributed by atoms with van der Waals surface area (Å²) < 4.78 is 0. The van der Waals surface area contributed by atoms with Crippen LogP contribution in [0.5, 0.6) is 0 Å². The van der Waals surface area contributed by atoms with Gasteiger partial charge < -0.3 is 10.6 Å². The number of hydrogen-bond acceptors (Lipinski definition) is 3. The molecular formula is C17H27N3O. The van der Waals surface area contributed by atoms with E-state index in [9.17, 15) is 4.79 Å². The first kappa shape index (κ1) is 16.0. The molecule has 21 heavy (non-hydrogen) atoms. The predicted molar refractivity (Wildman–Crippen MR) is 84.5 cm³/mol. The number of rotatable bonds is 6. The highest BCUT2D eigenvalue weighted by atomic mass is 16.2. The average molecular weight is 289 g/mol. The van der Waals surface area contributed by atoms with Crippen LogP contribution in [0.1, 0.15) is 52.0 Å². The molecule has 1 saturated carbocycles. The summed E-state index contributed by atoms with van der Waals surface area (Å²) in [6.07, 6.45) is 7.09. The molecule has 0 saturated heterocycles. The van der Waals surface area contributed by atoms with E-state index in [1.165, 1.54) is 0 Å². The van der Waals surface area contributed by atoms with Crippen LogP contribution in [0.4, 0.5) is 0 Å². The quantitative estimate of drug-likeness (QED) is 0.876. The molecule has 2 N–H and O–H groups in total. The second-order valence-corrected chi connectivity index (χ2v) is 7.34. The molecule has 0 spiro atoms. The van der Waals surface area contributed by atoms with Gasteiger partial charge in [-0.05, 0) is 42.4 Å². The highest BCUT2D eigenvalue weighted by Gasteiger charge is 2.33. The molecule has 1 atom stereocenters. The van der Waals surface area contributed by atoms with Crippen LogP contribution in [0.25, 0.3) is 0 Å². The standard InChI is InChI=1S/C17H27N3O/c1-17(2,3)11-14(18)10-16(21)20(15-4-5-15)12-13-6-8-19-9-7-13/h6-9,14-15H,4-5,10-12,18H2,1-3H3. The van der Waals surface area contributed by atoms with Crippen molar-refractivity contribution in [3.8, 4) is 0 Å². The van der Waals surface area contributed by atoms with Gasteiger partial charge in [0.1, 0.15) is 0 Å². The van der Waals surface area contributed by atoms with Crippen molar-refractivity contribution >= 4 is 5.91 Å². The van der Waals surface area contributed by atoms with E-state index in [0.717, 1.165) is 24.8 Å². The third kappa shape index (κ3) is 5.46. The molecule has 1 unspecified atom stereocenters. The number of hydrogen-bond donors (Lipinski definition) is 1. The van der Waals surface area contributed by atoms with Crippen molar-refractivity contribution in [2.24, 2.45) is 11.1 Å². The van der Waals surface area contributed by atoms with Crippen molar-refractivity contribution in [1.82, 2.24) is 9.88 Å². The zero-order valence-electron chi connectivity index (χ0n) is 13.4. The molecule has 0 aliphatic heterocycles. The van der Waals surface area contributed by atoms with Gasteiger partial charge in [-0.25, -0.2) is 0 Å². The Hall–Kier alpha value is -1.42. The fourth-order valence-electron chi connectivity index (χ4n) is 2.69. The molecule has 1 fully saturated rings. The average Bonchev–Trinajstić information content (AvgIpc) is 3.18. The Balaban J connectivity index is 1.93. The lowest BCUT2D eigenvalue weighted by atomic mass is 9.87. The van der Waals surface area contributed by atoms with Gasteiger partial charge in [-0.15, -0.1) is 0 Å². The van der Waals surface area contributed by atoms with E-state index >= 15 is 0 Å². The Morgan fingerprint density at radius 1 is 1.38 bits per heavy atom. The minimum atomic E-state index is -0.0591. The Bertz CT molecular complexity index is 463. The maximum Gasteiger partial charge on any atom is 0.224 e. The van der Waals surface area contributed by atoms with Crippen LogP contribution < -0.4 is 5.73 Å². The molecule has 0 radical (unpaired) electrons. The molecule has 1 aromatic rings. The van der Waals surface area contributed by atoms with Crippen molar-refractivity contribution in [2.75, 3.05) is 0 Å². The number of pyridine rings is 1. The highest BCUT2D eigenvalue weighted by Crippen LogP contribution is 2.30. The van der Waals surface area contributed by atoms with Crippen molar-refractivity contribution in [2.45, 2.75) is 65.1 Å². The molecule has 4 nitrogen and oxygen atoms in total. The summed E-state index contributed by atoms with van der Waals surface area (Å²) in [4.78, 5) is 18.6. The zero-order valence-corrected chi connectivity index (χ0v) is 13.4. The van der Waals surface area contributed by atoms with Gasteiger partial charge in [0.15, 0.2) is 0 Å². The van der Waals surface area contributed by atoms with E-state index in [4.69, 9.17) is 5.73 Å². The smallest absolute Gasteiger partial charge is 0.224 e. The lowest BCUT2D eigenvalue weighted by Gasteiger charge is -2.27. The topological polar surface area (TPSA) is 59.2 Å². The second kappa shape index (κ2) is 6.56. The van der Waals surface area contributed by atoms with Gasteiger partial charge in [-0.3, -0.25) is 9.78 Å². The molecule has 1 aliphatic rings. The van der Waals surface area contributed by atoms with Crippen LogP contribution in [0.2, 0.25) is 0 Å². The lowest BCUT2D eigenvalue weighted by Crippen LogP contribution is -2.38.